The summed E-state index contributed by atoms with van der Waals surface area (Å²) in [6, 6.07) is 14.8. The van der Waals surface area contributed by atoms with Crippen LogP contribution in [-0.2, 0) is 35.2 Å². The van der Waals surface area contributed by atoms with E-state index in [1.807, 2.05) is 12.1 Å². The lowest BCUT2D eigenvalue weighted by molar-refractivity contribution is -0.146. The Kier molecular flexibility index (Phi) is 16.3. The number of carbonyl (C=O) groups is 4. The summed E-state index contributed by atoms with van der Waals surface area (Å²) >= 11 is 0. The Balaban J connectivity index is 1.48. The molecule has 50 heavy (non-hydrogen) atoms. The van der Waals surface area contributed by atoms with Gasteiger partial charge in [0.05, 0.1) is 19.3 Å². The fourth-order valence-corrected chi connectivity index (χ4v) is 6.35. The van der Waals surface area contributed by atoms with Crippen molar-refractivity contribution in [3.05, 3.63) is 59.2 Å². The van der Waals surface area contributed by atoms with E-state index in [2.05, 4.69) is 50.8 Å². The number of benzene rings is 2. The highest BCUT2D eigenvalue weighted by Gasteiger charge is 2.28. The normalized spacial score (nSPS) is 15.8. The minimum Gasteiger partial charge on any atom is -0.494 e. The van der Waals surface area contributed by atoms with Gasteiger partial charge in [-0.3, -0.25) is 29.0 Å². The van der Waals surface area contributed by atoms with Crippen LogP contribution < -0.4 is 20.1 Å². The molecule has 12 nitrogen and oxygen atoms in total. The van der Waals surface area contributed by atoms with Crippen molar-refractivity contribution in [2.75, 3.05) is 65.7 Å². The van der Waals surface area contributed by atoms with E-state index in [1.165, 1.54) is 45.1 Å². The summed E-state index contributed by atoms with van der Waals surface area (Å²) in [5.74, 6) is -0.0454. The maximum atomic E-state index is 12.0. The van der Waals surface area contributed by atoms with Gasteiger partial charge < -0.3 is 29.6 Å². The van der Waals surface area contributed by atoms with Gasteiger partial charge in [0, 0.05) is 39.0 Å². The van der Waals surface area contributed by atoms with Crippen LogP contribution in [0.25, 0.3) is 0 Å². The Labute approximate surface area is 296 Å². The van der Waals surface area contributed by atoms with Crippen LogP contribution >= 0.6 is 0 Å². The van der Waals surface area contributed by atoms with E-state index in [4.69, 9.17) is 18.9 Å². The maximum absolute atomic E-state index is 12.0. The lowest BCUT2D eigenvalue weighted by Crippen LogP contribution is -2.34. The van der Waals surface area contributed by atoms with Crippen LogP contribution in [0.15, 0.2) is 42.5 Å². The van der Waals surface area contributed by atoms with Crippen molar-refractivity contribution in [2.24, 2.45) is 0 Å². The first kappa shape index (κ1) is 38.6. The third-order valence-electron chi connectivity index (χ3n) is 8.78. The minimum absolute atomic E-state index is 0.0399. The number of nitrogens with one attached hydrogen (secondary N) is 2. The van der Waals surface area contributed by atoms with E-state index in [9.17, 15) is 19.2 Å². The highest BCUT2D eigenvalue weighted by atomic mass is 16.5. The van der Waals surface area contributed by atoms with E-state index in [0.717, 1.165) is 68.2 Å². The summed E-state index contributed by atoms with van der Waals surface area (Å²) in [6.45, 7) is 8.69. The second-order valence-corrected chi connectivity index (χ2v) is 12.9. The number of carbonyl (C=O) groups excluding carboxylic acids is 4. The van der Waals surface area contributed by atoms with E-state index in [1.54, 1.807) is 0 Å². The van der Waals surface area contributed by atoms with Gasteiger partial charge in [0.2, 0.25) is 0 Å². The molecule has 12 heteroatoms. The zero-order valence-electron chi connectivity index (χ0n) is 29.7. The molecule has 274 valence electrons. The van der Waals surface area contributed by atoms with E-state index < -0.39 is 11.9 Å². The Morgan fingerprint density at radius 1 is 0.720 bits per heavy atom. The minimum atomic E-state index is -0.488. The Morgan fingerprint density at radius 2 is 1.32 bits per heavy atom. The molecule has 0 aliphatic carbocycles. The number of amides is 2. The quantitative estimate of drug-likeness (QED) is 0.163. The van der Waals surface area contributed by atoms with Crippen molar-refractivity contribution < 1.29 is 38.1 Å². The van der Waals surface area contributed by atoms with Gasteiger partial charge in [-0.2, -0.15) is 0 Å². The third kappa shape index (κ3) is 13.6. The zero-order chi connectivity index (χ0) is 35.6. The Hall–Kier alpha value is -4.16. The first-order valence-electron chi connectivity index (χ1n) is 18.0. The van der Waals surface area contributed by atoms with Crippen molar-refractivity contribution in [2.45, 2.75) is 77.8 Å². The molecule has 0 bridgehead atoms. The van der Waals surface area contributed by atoms with Gasteiger partial charge >= 0.3 is 11.9 Å². The molecule has 2 N–H and O–H groups in total. The Bertz CT molecular complexity index is 1390. The van der Waals surface area contributed by atoms with Gasteiger partial charge in [0.15, 0.2) is 13.2 Å². The molecule has 2 aromatic rings. The number of hydrogen-bond acceptors (Lipinski definition) is 10. The predicted octanol–water partition coefficient (Wildman–Crippen LogP) is 4.14. The van der Waals surface area contributed by atoms with Crippen LogP contribution in [0.5, 0.6) is 11.5 Å². The topological polar surface area (TPSA) is 136 Å². The molecule has 0 radical (unpaired) electrons. The summed E-state index contributed by atoms with van der Waals surface area (Å²) in [7, 11) is 0. The van der Waals surface area contributed by atoms with Crippen LogP contribution in [0.3, 0.4) is 0 Å². The highest BCUT2D eigenvalue weighted by molar-refractivity contribution is 5.80. The molecule has 2 aliphatic heterocycles. The summed E-state index contributed by atoms with van der Waals surface area (Å²) in [6.07, 6.45) is 8.42. The predicted molar refractivity (Wildman–Crippen MR) is 189 cm³/mol. The van der Waals surface area contributed by atoms with Crippen LogP contribution in [0.2, 0.25) is 0 Å². The van der Waals surface area contributed by atoms with Crippen molar-refractivity contribution in [1.29, 1.82) is 0 Å². The number of ether oxygens (including phenoxy) is 4. The van der Waals surface area contributed by atoms with Crippen molar-refractivity contribution in [3.8, 4) is 11.5 Å². The molecule has 0 spiro atoms. The first-order valence-corrected chi connectivity index (χ1v) is 18.0. The molecule has 2 amide bonds. The number of likely N-dealkylation sites (tertiary alicyclic amines) is 2. The second kappa shape index (κ2) is 21.1. The van der Waals surface area contributed by atoms with Crippen LogP contribution in [0, 0.1) is 0 Å². The fraction of sp³-hybridized carbons (Fsp3) is 0.579. The molecule has 0 saturated carbocycles. The second-order valence-electron chi connectivity index (χ2n) is 12.9. The van der Waals surface area contributed by atoms with Crippen molar-refractivity contribution >= 4 is 23.8 Å². The van der Waals surface area contributed by atoms with Gasteiger partial charge in [-0.25, -0.2) is 0 Å². The summed E-state index contributed by atoms with van der Waals surface area (Å²) in [4.78, 5) is 50.8. The largest absolute Gasteiger partial charge is 0.494 e. The molecule has 2 saturated heterocycles. The lowest BCUT2D eigenvalue weighted by Gasteiger charge is -2.36. The van der Waals surface area contributed by atoms with Gasteiger partial charge in [-0.05, 0) is 94.0 Å². The number of rotatable bonds is 19. The average molecular weight is 695 g/mol. The van der Waals surface area contributed by atoms with E-state index >= 15 is 0 Å². The molecule has 4 rings (SSSR count). The standard InChI is InChI=1S/C38H54N4O8/c1-29(43)49-27-36(45)39-16-10-22-47-33-13-9-12-32(25-33)38(42-20-7-4-8-21-42)34-15-14-31(26-41-18-5-3-6-19-41)24-35(34)48-23-11-17-40-37(46)28-50-30(2)44/h9,12-15,24-25,38H,3-8,10-11,16-23,26-28H2,1-2H3,(H,39,45)(H,40,46). The fourth-order valence-electron chi connectivity index (χ4n) is 6.35. The van der Waals surface area contributed by atoms with Gasteiger partial charge in [0.1, 0.15) is 11.5 Å². The number of esters is 2. The molecule has 1 unspecified atom stereocenters. The monoisotopic (exact) mass is 694 g/mol. The molecule has 1 atom stereocenters. The van der Waals surface area contributed by atoms with Crippen molar-refractivity contribution in [3.63, 3.8) is 0 Å². The maximum Gasteiger partial charge on any atom is 0.303 e. The SMILES string of the molecule is CC(=O)OCC(=O)NCCCOc1cccc(C(c2ccc(CN3CCCCC3)cc2OCCCNC(=O)COC(C)=O)N2CCCCC2)c1. The molecule has 2 fully saturated rings. The van der Waals surface area contributed by atoms with Gasteiger partial charge in [-0.15, -0.1) is 0 Å². The molecule has 2 aliphatic rings. The van der Waals surface area contributed by atoms with E-state index in [0.29, 0.717) is 39.1 Å². The Morgan fingerprint density at radius 3 is 1.94 bits per heavy atom. The summed E-state index contributed by atoms with van der Waals surface area (Å²) < 4.78 is 22.2. The number of piperidine rings is 2. The lowest BCUT2D eigenvalue weighted by atomic mass is 9.93. The van der Waals surface area contributed by atoms with Gasteiger partial charge in [-0.1, -0.05) is 37.1 Å². The first-order chi connectivity index (χ1) is 24.3. The van der Waals surface area contributed by atoms with Crippen LogP contribution in [0.4, 0.5) is 0 Å². The molecule has 0 aromatic heterocycles. The highest BCUT2D eigenvalue weighted by Crippen LogP contribution is 2.38. The summed E-state index contributed by atoms with van der Waals surface area (Å²) in [5.41, 5.74) is 3.43. The summed E-state index contributed by atoms with van der Waals surface area (Å²) in [5, 5.41) is 5.52. The van der Waals surface area contributed by atoms with Crippen LogP contribution in [0.1, 0.15) is 87.9 Å². The average Bonchev–Trinajstić information content (AvgIpc) is 3.11. The molecule has 2 heterocycles. The van der Waals surface area contributed by atoms with E-state index in [-0.39, 0.29) is 31.1 Å². The smallest absolute Gasteiger partial charge is 0.303 e. The zero-order valence-corrected chi connectivity index (χ0v) is 29.7. The number of nitrogens with zero attached hydrogens (tertiary/aromatic N) is 2. The van der Waals surface area contributed by atoms with Gasteiger partial charge in [0.25, 0.3) is 11.8 Å². The molecular formula is C38H54N4O8. The molecular weight excluding hydrogens is 640 g/mol. The number of hydrogen-bond donors (Lipinski definition) is 2. The van der Waals surface area contributed by atoms with Crippen LogP contribution in [-0.4, -0.2) is 99.2 Å². The third-order valence-corrected chi connectivity index (χ3v) is 8.78. The van der Waals surface area contributed by atoms with Crippen molar-refractivity contribution in [1.82, 2.24) is 20.4 Å². The molecule has 2 aromatic carbocycles.